The van der Waals surface area contributed by atoms with Crippen LogP contribution in [0.1, 0.15) is 41.3 Å². The molecule has 152 valence electrons. The van der Waals surface area contributed by atoms with Gasteiger partial charge in [-0.05, 0) is 38.5 Å². The second kappa shape index (κ2) is 8.24. The number of ether oxygens (including phenoxy) is 1. The Balaban J connectivity index is 1.59. The van der Waals surface area contributed by atoms with Crippen LogP contribution in [0.15, 0.2) is 33.6 Å². The number of hydrogen-bond acceptors (Lipinski definition) is 9. The lowest BCUT2D eigenvalue weighted by atomic mass is 10.1. The lowest BCUT2D eigenvalue weighted by molar-refractivity contribution is 0.403. The Morgan fingerprint density at radius 2 is 1.83 bits per heavy atom. The Bertz CT molecular complexity index is 1210. The van der Waals surface area contributed by atoms with Gasteiger partial charge >= 0.3 is 0 Å². The molecule has 0 unspecified atom stereocenters. The largest absolute Gasteiger partial charge is 0.437 e. The topological polar surface area (TPSA) is 113 Å². The van der Waals surface area contributed by atoms with Crippen molar-refractivity contribution in [1.29, 1.82) is 0 Å². The van der Waals surface area contributed by atoms with Crippen molar-refractivity contribution in [2.75, 3.05) is 0 Å². The van der Waals surface area contributed by atoms with E-state index in [-0.39, 0.29) is 0 Å². The molecule has 0 bridgehead atoms. The first-order valence-corrected chi connectivity index (χ1v) is 9.44. The van der Waals surface area contributed by atoms with Gasteiger partial charge in [-0.3, -0.25) is 4.98 Å². The molecule has 0 saturated heterocycles. The Morgan fingerprint density at radius 1 is 0.967 bits per heavy atom. The van der Waals surface area contributed by atoms with Crippen LogP contribution in [0.4, 0.5) is 0 Å². The van der Waals surface area contributed by atoms with E-state index in [4.69, 9.17) is 13.8 Å². The third-order valence-electron chi connectivity index (χ3n) is 4.33. The fraction of sp³-hybridized carbons (Fsp3) is 0.238. The molecule has 9 nitrogen and oxygen atoms in total. The van der Waals surface area contributed by atoms with Gasteiger partial charge in [-0.25, -0.2) is 4.98 Å². The van der Waals surface area contributed by atoms with Crippen molar-refractivity contribution >= 4 is 12.2 Å². The van der Waals surface area contributed by atoms with Crippen LogP contribution in [0.2, 0.25) is 0 Å². The molecule has 0 aliphatic rings. The molecule has 0 spiro atoms. The fourth-order valence-corrected chi connectivity index (χ4v) is 2.77. The summed E-state index contributed by atoms with van der Waals surface area (Å²) in [4.78, 5) is 17.2. The first-order chi connectivity index (χ1) is 14.5. The summed E-state index contributed by atoms with van der Waals surface area (Å²) >= 11 is 0. The summed E-state index contributed by atoms with van der Waals surface area (Å²) in [5, 5.41) is 7.71. The predicted octanol–water partition coefficient (Wildman–Crippen LogP) is 4.36. The molecule has 9 heteroatoms. The van der Waals surface area contributed by atoms with Crippen LogP contribution in [0.25, 0.3) is 23.6 Å². The highest BCUT2D eigenvalue weighted by Crippen LogP contribution is 2.29. The van der Waals surface area contributed by atoms with Crippen molar-refractivity contribution < 1.29 is 13.8 Å². The maximum atomic E-state index is 6.02. The van der Waals surface area contributed by atoms with Crippen molar-refractivity contribution in [3.63, 3.8) is 0 Å². The summed E-state index contributed by atoms with van der Waals surface area (Å²) < 4.78 is 16.5. The van der Waals surface area contributed by atoms with Gasteiger partial charge < -0.3 is 13.8 Å². The van der Waals surface area contributed by atoms with Crippen molar-refractivity contribution in [2.24, 2.45) is 0 Å². The van der Waals surface area contributed by atoms with Gasteiger partial charge in [-0.2, -0.15) is 9.97 Å². The Morgan fingerprint density at radius 3 is 2.57 bits per heavy atom. The van der Waals surface area contributed by atoms with E-state index < -0.39 is 0 Å². The number of aryl methyl sites for hydroxylation is 3. The standard InChI is InChI=1S/C21H20N6O3/c1-5-18-25-19(29-27-18)7-6-15-10-22-11-17(13(15)3)28-20-9-16(8-12(2)23-20)21-24-14(4)26-30-21/h6-11H,5H2,1-4H3/b7-6+. The molecule has 0 saturated carbocycles. The minimum absolute atomic E-state index is 0.413. The molecule has 4 rings (SSSR count). The maximum Gasteiger partial charge on any atom is 0.258 e. The van der Waals surface area contributed by atoms with Gasteiger partial charge in [0.25, 0.3) is 11.8 Å². The van der Waals surface area contributed by atoms with Gasteiger partial charge in [0.15, 0.2) is 17.4 Å². The average Bonchev–Trinajstić information content (AvgIpc) is 3.37. The second-order valence-corrected chi connectivity index (χ2v) is 6.67. The number of aromatic nitrogens is 6. The van der Waals surface area contributed by atoms with E-state index in [1.54, 1.807) is 31.5 Å². The fourth-order valence-electron chi connectivity index (χ4n) is 2.77. The third-order valence-corrected chi connectivity index (χ3v) is 4.33. The summed E-state index contributed by atoms with van der Waals surface area (Å²) in [5.41, 5.74) is 3.27. The Labute approximate surface area is 172 Å². The molecule has 4 heterocycles. The van der Waals surface area contributed by atoms with E-state index >= 15 is 0 Å². The molecular formula is C21H20N6O3. The van der Waals surface area contributed by atoms with Gasteiger partial charge in [0.1, 0.15) is 0 Å². The molecule has 30 heavy (non-hydrogen) atoms. The summed E-state index contributed by atoms with van der Waals surface area (Å²) in [6.45, 7) is 7.56. The van der Waals surface area contributed by atoms with E-state index in [0.717, 1.165) is 28.8 Å². The van der Waals surface area contributed by atoms with Gasteiger partial charge in [-0.1, -0.05) is 17.2 Å². The monoisotopic (exact) mass is 404 g/mol. The lowest BCUT2D eigenvalue weighted by Gasteiger charge is -2.10. The quantitative estimate of drug-likeness (QED) is 0.462. The van der Waals surface area contributed by atoms with Gasteiger partial charge in [0.2, 0.25) is 5.88 Å². The minimum atomic E-state index is 0.413. The van der Waals surface area contributed by atoms with Crippen molar-refractivity contribution in [3.8, 4) is 23.1 Å². The van der Waals surface area contributed by atoms with Crippen molar-refractivity contribution in [2.45, 2.75) is 34.1 Å². The number of rotatable bonds is 6. The maximum absolute atomic E-state index is 6.02. The van der Waals surface area contributed by atoms with Crippen LogP contribution in [0.3, 0.4) is 0 Å². The molecule has 0 atom stereocenters. The number of hydrogen-bond donors (Lipinski definition) is 0. The van der Waals surface area contributed by atoms with E-state index in [0.29, 0.717) is 35.1 Å². The zero-order valence-electron chi connectivity index (χ0n) is 17.1. The molecule has 0 N–H and O–H groups in total. The molecule has 4 aromatic rings. The van der Waals surface area contributed by atoms with Crippen LogP contribution in [0, 0.1) is 20.8 Å². The van der Waals surface area contributed by atoms with Crippen molar-refractivity contribution in [1.82, 2.24) is 30.2 Å². The summed E-state index contributed by atoms with van der Waals surface area (Å²) in [6.07, 6.45) is 7.72. The van der Waals surface area contributed by atoms with Gasteiger partial charge in [-0.15, -0.1) is 0 Å². The average molecular weight is 404 g/mol. The highest BCUT2D eigenvalue weighted by molar-refractivity contribution is 5.68. The SMILES string of the molecule is CCc1noc(/C=C/c2cncc(Oc3cc(-c4nc(C)no4)cc(C)n3)c2C)n1. The van der Waals surface area contributed by atoms with Crippen LogP contribution >= 0.6 is 0 Å². The van der Waals surface area contributed by atoms with E-state index in [9.17, 15) is 0 Å². The van der Waals surface area contributed by atoms with Gasteiger partial charge in [0.05, 0.1) is 6.20 Å². The Hall–Kier alpha value is -3.88. The highest BCUT2D eigenvalue weighted by Gasteiger charge is 2.12. The third kappa shape index (κ3) is 4.24. The molecular weight excluding hydrogens is 384 g/mol. The highest BCUT2D eigenvalue weighted by atomic mass is 16.5. The second-order valence-electron chi connectivity index (χ2n) is 6.67. The summed E-state index contributed by atoms with van der Waals surface area (Å²) in [7, 11) is 0. The molecule has 0 aliphatic heterocycles. The zero-order chi connectivity index (χ0) is 21.1. The minimum Gasteiger partial charge on any atom is -0.437 e. The first-order valence-electron chi connectivity index (χ1n) is 9.44. The molecule has 4 aromatic heterocycles. The molecule has 0 radical (unpaired) electrons. The van der Waals surface area contributed by atoms with Crippen LogP contribution in [-0.4, -0.2) is 30.2 Å². The van der Waals surface area contributed by atoms with Crippen LogP contribution < -0.4 is 4.74 Å². The van der Waals surface area contributed by atoms with E-state index in [2.05, 4.69) is 30.2 Å². The normalized spacial score (nSPS) is 11.3. The smallest absolute Gasteiger partial charge is 0.258 e. The van der Waals surface area contributed by atoms with Crippen molar-refractivity contribution in [3.05, 3.63) is 58.9 Å². The molecule has 0 aromatic carbocycles. The Kier molecular flexibility index (Phi) is 5.34. The van der Waals surface area contributed by atoms with E-state index in [1.165, 1.54) is 0 Å². The summed E-state index contributed by atoms with van der Waals surface area (Å²) in [5.74, 6) is 3.09. The lowest BCUT2D eigenvalue weighted by Crippen LogP contribution is -1.95. The summed E-state index contributed by atoms with van der Waals surface area (Å²) in [6, 6.07) is 3.62. The molecule has 0 aliphatic carbocycles. The van der Waals surface area contributed by atoms with Crippen LogP contribution in [0.5, 0.6) is 11.6 Å². The van der Waals surface area contributed by atoms with Crippen LogP contribution in [-0.2, 0) is 6.42 Å². The zero-order valence-corrected chi connectivity index (χ0v) is 17.1. The van der Waals surface area contributed by atoms with E-state index in [1.807, 2.05) is 32.9 Å². The predicted molar refractivity (Wildman–Crippen MR) is 109 cm³/mol. The van der Waals surface area contributed by atoms with Gasteiger partial charge in [0, 0.05) is 41.6 Å². The number of nitrogens with zero attached hydrogens (tertiary/aromatic N) is 6. The number of pyridine rings is 2. The first kappa shape index (κ1) is 19.4. The molecule has 0 amide bonds. The molecule has 0 fully saturated rings.